The molecule has 0 saturated heterocycles. The largest absolute Gasteiger partial charge is 0.486 e. The minimum Gasteiger partial charge on any atom is -0.486 e. The van der Waals surface area contributed by atoms with Crippen LogP contribution in [0.2, 0.25) is 0 Å². The molecule has 9 nitrogen and oxygen atoms in total. The summed E-state index contributed by atoms with van der Waals surface area (Å²) in [5.74, 6) is 1.54. The highest BCUT2D eigenvalue weighted by molar-refractivity contribution is 5.85. The molecule has 9 heteroatoms. The molecule has 39 heavy (non-hydrogen) atoms. The molecule has 0 amide bonds. The maximum absolute atomic E-state index is 13.4. The summed E-state index contributed by atoms with van der Waals surface area (Å²) in [5.41, 5.74) is 1.82. The first-order valence-electron chi connectivity index (χ1n) is 12.2. The van der Waals surface area contributed by atoms with Crippen LogP contribution in [0.25, 0.3) is 33.1 Å². The Kier molecular flexibility index (Phi) is 6.03. The van der Waals surface area contributed by atoms with Crippen LogP contribution in [0.5, 0.6) is 23.0 Å². The van der Waals surface area contributed by atoms with Gasteiger partial charge in [0, 0.05) is 23.6 Å². The van der Waals surface area contributed by atoms with E-state index in [9.17, 15) is 14.4 Å². The summed E-state index contributed by atoms with van der Waals surface area (Å²) in [6.07, 6.45) is 0. The van der Waals surface area contributed by atoms with Gasteiger partial charge in [0.15, 0.2) is 18.1 Å². The molecular weight excluding hydrogens is 504 g/mol. The van der Waals surface area contributed by atoms with Crippen molar-refractivity contribution in [2.45, 2.75) is 13.8 Å². The molecule has 0 fully saturated rings. The Bertz CT molecular complexity index is 1880. The summed E-state index contributed by atoms with van der Waals surface area (Å²) in [6.45, 7) is 4.04. The molecular formula is C30H22O9. The molecule has 0 radical (unpaired) electrons. The summed E-state index contributed by atoms with van der Waals surface area (Å²) >= 11 is 0. The first-order valence-corrected chi connectivity index (χ1v) is 12.2. The zero-order valence-electron chi connectivity index (χ0n) is 21.1. The fourth-order valence-corrected chi connectivity index (χ4v) is 4.58. The molecule has 5 aromatic rings. The summed E-state index contributed by atoms with van der Waals surface area (Å²) in [5, 5.41) is 1.11. The average Bonchev–Trinajstić information content (AvgIpc) is 2.91. The third-order valence-electron chi connectivity index (χ3n) is 6.38. The van der Waals surface area contributed by atoms with Crippen molar-refractivity contribution in [3.63, 3.8) is 0 Å². The van der Waals surface area contributed by atoms with Crippen molar-refractivity contribution in [1.29, 1.82) is 0 Å². The van der Waals surface area contributed by atoms with Gasteiger partial charge in [-0.15, -0.1) is 0 Å². The van der Waals surface area contributed by atoms with Gasteiger partial charge in [0.25, 0.3) is 0 Å². The Morgan fingerprint density at radius 3 is 2.36 bits per heavy atom. The standard InChI is InChI=1S/C30H22O9/c1-16-11-27(31)39-24-14-20(5-6-21(16)24)38-28(32)15-36-19-4-7-22-25(13-19)37-17(2)29(30(22)33)18-3-8-23-26(12-18)35-10-9-34-23/h3-8,11-14H,9-10,15H2,1-2H3. The molecule has 3 heterocycles. The highest BCUT2D eigenvalue weighted by atomic mass is 16.6. The lowest BCUT2D eigenvalue weighted by Crippen LogP contribution is -2.17. The molecule has 3 aromatic carbocycles. The molecule has 196 valence electrons. The van der Waals surface area contributed by atoms with E-state index in [-0.39, 0.29) is 17.8 Å². The molecule has 6 rings (SSSR count). The SMILES string of the molecule is Cc1oc2cc(OCC(=O)Oc3ccc4c(C)cc(=O)oc4c3)ccc2c(=O)c1-c1ccc2c(c1)OCCO2. The lowest BCUT2D eigenvalue weighted by molar-refractivity contribution is -0.136. The van der Waals surface area contributed by atoms with Crippen LogP contribution in [0.1, 0.15) is 11.3 Å². The van der Waals surface area contributed by atoms with Crippen LogP contribution in [-0.2, 0) is 4.79 Å². The van der Waals surface area contributed by atoms with Crippen LogP contribution in [-0.4, -0.2) is 25.8 Å². The maximum atomic E-state index is 13.4. The number of hydrogen-bond donors (Lipinski definition) is 0. The van der Waals surface area contributed by atoms with Crippen molar-refractivity contribution in [3.8, 4) is 34.1 Å². The van der Waals surface area contributed by atoms with Gasteiger partial charge in [-0.25, -0.2) is 9.59 Å². The second kappa shape index (κ2) is 9.68. The molecule has 0 N–H and O–H groups in total. The minimum atomic E-state index is -0.656. The topological polar surface area (TPSA) is 114 Å². The number of hydrogen-bond acceptors (Lipinski definition) is 9. The van der Waals surface area contributed by atoms with Gasteiger partial charge in [0.2, 0.25) is 5.43 Å². The molecule has 0 bridgehead atoms. The first-order chi connectivity index (χ1) is 18.9. The van der Waals surface area contributed by atoms with Crippen molar-refractivity contribution in [3.05, 3.63) is 92.6 Å². The van der Waals surface area contributed by atoms with Crippen LogP contribution in [0.3, 0.4) is 0 Å². The number of ether oxygens (including phenoxy) is 4. The van der Waals surface area contributed by atoms with Crippen LogP contribution in [0, 0.1) is 13.8 Å². The Labute approximate surface area is 221 Å². The smallest absolute Gasteiger partial charge is 0.349 e. The molecule has 0 saturated carbocycles. The summed E-state index contributed by atoms with van der Waals surface area (Å²) < 4.78 is 33.3. The summed E-state index contributed by atoms with van der Waals surface area (Å²) in [6, 6.07) is 16.3. The van der Waals surface area contributed by atoms with Crippen LogP contribution >= 0.6 is 0 Å². The first kappa shape index (κ1) is 24.3. The van der Waals surface area contributed by atoms with E-state index in [1.807, 2.05) is 0 Å². The highest BCUT2D eigenvalue weighted by Gasteiger charge is 2.18. The third-order valence-corrected chi connectivity index (χ3v) is 6.38. The van der Waals surface area contributed by atoms with Gasteiger partial charge in [-0.2, -0.15) is 0 Å². The number of fused-ring (bicyclic) bond motifs is 3. The zero-order chi connectivity index (χ0) is 27.1. The van der Waals surface area contributed by atoms with Crippen molar-refractivity contribution in [2.24, 2.45) is 0 Å². The number of esters is 1. The summed E-state index contributed by atoms with van der Waals surface area (Å²) in [7, 11) is 0. The van der Waals surface area contributed by atoms with E-state index in [4.69, 9.17) is 27.8 Å². The van der Waals surface area contributed by atoms with Crippen LogP contribution in [0.15, 0.2) is 79.1 Å². The predicted octanol–water partition coefficient (Wildman–Crippen LogP) is 4.94. The zero-order valence-corrected chi connectivity index (χ0v) is 21.1. The fraction of sp³-hybridized carbons (Fsp3) is 0.167. The van der Waals surface area contributed by atoms with E-state index >= 15 is 0 Å². The molecule has 0 atom stereocenters. The lowest BCUT2D eigenvalue weighted by atomic mass is 10.0. The normalized spacial score (nSPS) is 12.5. The number of carbonyl (C=O) groups is 1. The highest BCUT2D eigenvalue weighted by Crippen LogP contribution is 2.35. The van der Waals surface area contributed by atoms with E-state index in [0.717, 1.165) is 10.9 Å². The van der Waals surface area contributed by atoms with Gasteiger partial charge in [-0.3, -0.25) is 4.79 Å². The van der Waals surface area contributed by atoms with Crippen molar-refractivity contribution >= 4 is 27.9 Å². The Morgan fingerprint density at radius 2 is 1.51 bits per heavy atom. The number of benzene rings is 3. The monoisotopic (exact) mass is 526 g/mol. The van der Waals surface area contributed by atoms with E-state index in [1.54, 1.807) is 62.4 Å². The van der Waals surface area contributed by atoms with Crippen molar-refractivity contribution in [1.82, 2.24) is 0 Å². The van der Waals surface area contributed by atoms with Crippen LogP contribution in [0.4, 0.5) is 0 Å². The molecule has 2 aromatic heterocycles. The van der Waals surface area contributed by atoms with E-state index in [1.165, 1.54) is 12.1 Å². The van der Waals surface area contributed by atoms with Gasteiger partial charge in [-0.05, 0) is 61.4 Å². The van der Waals surface area contributed by atoms with Crippen molar-refractivity contribution < 1.29 is 32.6 Å². The third kappa shape index (κ3) is 4.70. The Balaban J connectivity index is 1.20. The van der Waals surface area contributed by atoms with E-state index in [0.29, 0.717) is 63.9 Å². The Hall–Kier alpha value is -5.05. The lowest BCUT2D eigenvalue weighted by Gasteiger charge is -2.19. The van der Waals surface area contributed by atoms with E-state index < -0.39 is 11.6 Å². The van der Waals surface area contributed by atoms with Gasteiger partial charge in [-0.1, -0.05) is 6.07 Å². The molecule has 0 aliphatic carbocycles. The molecule has 0 unspecified atom stereocenters. The number of rotatable bonds is 5. The van der Waals surface area contributed by atoms with Crippen molar-refractivity contribution in [2.75, 3.05) is 19.8 Å². The minimum absolute atomic E-state index is 0.199. The molecule has 0 spiro atoms. The number of carbonyl (C=O) groups excluding carboxylic acids is 1. The second-order valence-electron chi connectivity index (χ2n) is 9.05. The van der Waals surface area contributed by atoms with Gasteiger partial charge < -0.3 is 27.8 Å². The maximum Gasteiger partial charge on any atom is 0.349 e. The fourth-order valence-electron chi connectivity index (χ4n) is 4.58. The molecule has 1 aliphatic rings. The van der Waals surface area contributed by atoms with E-state index in [2.05, 4.69) is 0 Å². The van der Waals surface area contributed by atoms with Gasteiger partial charge >= 0.3 is 11.6 Å². The predicted molar refractivity (Wildman–Crippen MR) is 142 cm³/mol. The van der Waals surface area contributed by atoms with Gasteiger partial charge in [0.1, 0.15) is 41.6 Å². The molecule has 1 aliphatic heterocycles. The quantitative estimate of drug-likeness (QED) is 0.178. The number of aryl methyl sites for hydroxylation is 2. The average molecular weight is 526 g/mol. The van der Waals surface area contributed by atoms with Crippen LogP contribution < -0.4 is 30.0 Å². The second-order valence-corrected chi connectivity index (χ2v) is 9.05. The van der Waals surface area contributed by atoms with Gasteiger partial charge in [0.05, 0.1) is 10.9 Å². The summed E-state index contributed by atoms with van der Waals surface area (Å²) in [4.78, 5) is 37.4. The Morgan fingerprint density at radius 1 is 0.795 bits per heavy atom.